The molecule has 1 nitrogen and oxygen atoms in total. The van der Waals surface area contributed by atoms with Crippen LogP contribution >= 0.6 is 0 Å². The Bertz CT molecular complexity index is 437. The predicted molar refractivity (Wildman–Crippen MR) is 91.4 cm³/mol. The van der Waals surface area contributed by atoms with Crippen molar-refractivity contribution >= 4 is 0 Å². The molecule has 1 atom stereocenters. The molecule has 0 aromatic heterocycles. The van der Waals surface area contributed by atoms with Crippen molar-refractivity contribution in [1.82, 2.24) is 5.32 Å². The molecule has 2 rings (SSSR count). The van der Waals surface area contributed by atoms with Gasteiger partial charge >= 0.3 is 0 Å². The fraction of sp³-hybridized carbons (Fsp3) is 0.600. The smallest absolute Gasteiger partial charge is 0.0164 e. The van der Waals surface area contributed by atoms with E-state index in [1.165, 1.54) is 44.1 Å². The van der Waals surface area contributed by atoms with E-state index < -0.39 is 0 Å². The minimum atomic E-state index is 0.324. The zero-order valence-electron chi connectivity index (χ0n) is 13.4. The van der Waals surface area contributed by atoms with Crippen LogP contribution in [0.5, 0.6) is 0 Å². The summed E-state index contributed by atoms with van der Waals surface area (Å²) in [4.78, 5) is 0. The molecule has 1 aromatic rings. The molecular formula is C20H29N. The van der Waals surface area contributed by atoms with Gasteiger partial charge in [-0.15, -0.1) is 12.3 Å². The van der Waals surface area contributed by atoms with Gasteiger partial charge in [0.2, 0.25) is 0 Å². The average Bonchev–Trinajstić information content (AvgIpc) is 3.02. The fourth-order valence-corrected chi connectivity index (χ4v) is 3.91. The van der Waals surface area contributed by atoms with E-state index in [1.54, 1.807) is 0 Å². The SMILES string of the molecule is C#CCCCC(NCCC)C1(c2ccccc2)CCCC1. The highest BCUT2D eigenvalue weighted by Gasteiger charge is 2.41. The van der Waals surface area contributed by atoms with Gasteiger partial charge in [0.15, 0.2) is 0 Å². The molecule has 21 heavy (non-hydrogen) atoms. The van der Waals surface area contributed by atoms with Crippen LogP contribution in [0.25, 0.3) is 0 Å². The normalized spacial score (nSPS) is 18.3. The van der Waals surface area contributed by atoms with Crippen molar-refractivity contribution in [1.29, 1.82) is 0 Å². The minimum Gasteiger partial charge on any atom is -0.313 e. The molecular weight excluding hydrogens is 254 g/mol. The molecule has 0 saturated heterocycles. The molecule has 1 aliphatic rings. The van der Waals surface area contributed by atoms with E-state index in [9.17, 15) is 0 Å². The van der Waals surface area contributed by atoms with Crippen LogP contribution in [0.1, 0.15) is 63.9 Å². The van der Waals surface area contributed by atoms with Crippen LogP contribution < -0.4 is 5.32 Å². The summed E-state index contributed by atoms with van der Waals surface area (Å²) < 4.78 is 0. The molecule has 1 aromatic carbocycles. The van der Waals surface area contributed by atoms with Gasteiger partial charge in [-0.1, -0.05) is 50.1 Å². The molecule has 114 valence electrons. The second-order valence-corrected chi connectivity index (χ2v) is 6.33. The van der Waals surface area contributed by atoms with Gasteiger partial charge in [-0.05, 0) is 44.2 Å². The van der Waals surface area contributed by atoms with Crippen molar-refractivity contribution in [2.45, 2.75) is 69.7 Å². The quantitative estimate of drug-likeness (QED) is 0.540. The highest BCUT2D eigenvalue weighted by molar-refractivity contribution is 5.29. The van der Waals surface area contributed by atoms with Crippen molar-refractivity contribution in [3.05, 3.63) is 35.9 Å². The third-order valence-electron chi connectivity index (χ3n) is 4.97. The predicted octanol–water partition coefficient (Wildman–Crippen LogP) is 4.67. The maximum Gasteiger partial charge on any atom is 0.0164 e. The first kappa shape index (κ1) is 16.1. The molecule has 0 heterocycles. The number of hydrogen-bond donors (Lipinski definition) is 1. The van der Waals surface area contributed by atoms with Crippen molar-refractivity contribution in [3.63, 3.8) is 0 Å². The van der Waals surface area contributed by atoms with Gasteiger partial charge in [0.1, 0.15) is 0 Å². The number of unbranched alkanes of at least 4 members (excludes halogenated alkanes) is 1. The zero-order valence-corrected chi connectivity index (χ0v) is 13.4. The van der Waals surface area contributed by atoms with Gasteiger partial charge < -0.3 is 5.32 Å². The van der Waals surface area contributed by atoms with Crippen molar-refractivity contribution in [3.8, 4) is 12.3 Å². The van der Waals surface area contributed by atoms with Gasteiger partial charge in [0.25, 0.3) is 0 Å². The topological polar surface area (TPSA) is 12.0 Å². The van der Waals surface area contributed by atoms with Gasteiger partial charge in [0.05, 0.1) is 0 Å². The van der Waals surface area contributed by atoms with Crippen LogP contribution in [-0.2, 0) is 5.41 Å². The Morgan fingerprint density at radius 1 is 1.24 bits per heavy atom. The molecule has 1 N–H and O–H groups in total. The van der Waals surface area contributed by atoms with Crippen LogP contribution in [0.2, 0.25) is 0 Å². The van der Waals surface area contributed by atoms with E-state index in [-0.39, 0.29) is 0 Å². The third kappa shape index (κ3) is 3.89. The lowest BCUT2D eigenvalue weighted by atomic mass is 9.71. The number of hydrogen-bond acceptors (Lipinski definition) is 1. The Kier molecular flexibility index (Phi) is 6.33. The first-order chi connectivity index (χ1) is 10.3. The summed E-state index contributed by atoms with van der Waals surface area (Å²) in [6.45, 7) is 3.35. The molecule has 0 amide bonds. The summed E-state index contributed by atoms with van der Waals surface area (Å²) in [5.74, 6) is 2.79. The Morgan fingerprint density at radius 2 is 1.95 bits per heavy atom. The Balaban J connectivity index is 2.21. The highest BCUT2D eigenvalue weighted by Crippen LogP contribution is 2.45. The second kappa shape index (κ2) is 8.25. The van der Waals surface area contributed by atoms with Crippen LogP contribution in [0.4, 0.5) is 0 Å². The molecule has 0 aliphatic heterocycles. The number of rotatable bonds is 8. The third-order valence-corrected chi connectivity index (χ3v) is 4.97. The number of terminal acetylenes is 1. The maximum atomic E-state index is 5.44. The van der Waals surface area contributed by atoms with Crippen molar-refractivity contribution in [2.24, 2.45) is 0 Å². The Labute approximate surface area is 130 Å². The first-order valence-corrected chi connectivity index (χ1v) is 8.56. The van der Waals surface area contributed by atoms with Crippen LogP contribution in [0.15, 0.2) is 30.3 Å². The molecule has 0 bridgehead atoms. The summed E-state index contributed by atoms with van der Waals surface area (Å²) in [6.07, 6.45) is 15.2. The monoisotopic (exact) mass is 283 g/mol. The first-order valence-electron chi connectivity index (χ1n) is 8.56. The standard InChI is InChI=1S/C20H29N/c1-3-5-7-14-19(21-17-4-2)20(15-10-11-16-20)18-12-8-6-9-13-18/h1,6,8-9,12-13,19,21H,4-5,7,10-11,14-17H2,2H3. The van der Waals surface area contributed by atoms with Crippen LogP contribution in [0, 0.1) is 12.3 Å². The number of benzene rings is 1. The number of nitrogens with one attached hydrogen (secondary N) is 1. The van der Waals surface area contributed by atoms with Crippen LogP contribution in [-0.4, -0.2) is 12.6 Å². The van der Waals surface area contributed by atoms with Gasteiger partial charge in [-0.2, -0.15) is 0 Å². The molecule has 1 unspecified atom stereocenters. The lowest BCUT2D eigenvalue weighted by Crippen LogP contribution is -2.47. The maximum absolute atomic E-state index is 5.44. The van der Waals surface area contributed by atoms with E-state index in [4.69, 9.17) is 6.42 Å². The van der Waals surface area contributed by atoms with E-state index in [0.717, 1.165) is 19.4 Å². The van der Waals surface area contributed by atoms with E-state index in [0.29, 0.717) is 11.5 Å². The molecule has 1 aliphatic carbocycles. The minimum absolute atomic E-state index is 0.324. The average molecular weight is 283 g/mol. The van der Waals surface area contributed by atoms with E-state index in [1.807, 2.05) is 0 Å². The molecule has 0 radical (unpaired) electrons. The highest BCUT2D eigenvalue weighted by atomic mass is 14.9. The lowest BCUT2D eigenvalue weighted by Gasteiger charge is -2.39. The van der Waals surface area contributed by atoms with Gasteiger partial charge in [-0.25, -0.2) is 0 Å². The van der Waals surface area contributed by atoms with Crippen LogP contribution in [0.3, 0.4) is 0 Å². The zero-order chi connectivity index (χ0) is 15.0. The van der Waals surface area contributed by atoms with E-state index >= 15 is 0 Å². The largest absolute Gasteiger partial charge is 0.313 e. The summed E-state index contributed by atoms with van der Waals surface area (Å²) in [7, 11) is 0. The molecule has 1 fully saturated rings. The fourth-order valence-electron chi connectivity index (χ4n) is 3.91. The summed E-state index contributed by atoms with van der Waals surface area (Å²) in [5.41, 5.74) is 1.85. The molecule has 0 spiro atoms. The van der Waals surface area contributed by atoms with E-state index in [2.05, 4.69) is 48.5 Å². The lowest BCUT2D eigenvalue weighted by molar-refractivity contribution is 0.278. The van der Waals surface area contributed by atoms with Gasteiger partial charge in [-0.3, -0.25) is 0 Å². The van der Waals surface area contributed by atoms with Crippen molar-refractivity contribution in [2.75, 3.05) is 6.54 Å². The molecule has 1 saturated carbocycles. The Morgan fingerprint density at radius 3 is 2.57 bits per heavy atom. The second-order valence-electron chi connectivity index (χ2n) is 6.33. The molecule has 1 heteroatoms. The Hall–Kier alpha value is -1.26. The van der Waals surface area contributed by atoms with Gasteiger partial charge in [0, 0.05) is 17.9 Å². The summed E-state index contributed by atoms with van der Waals surface area (Å²) in [6, 6.07) is 11.7. The summed E-state index contributed by atoms with van der Waals surface area (Å²) in [5, 5.41) is 3.84. The summed E-state index contributed by atoms with van der Waals surface area (Å²) >= 11 is 0. The van der Waals surface area contributed by atoms with Crippen molar-refractivity contribution < 1.29 is 0 Å².